The van der Waals surface area contributed by atoms with Crippen LogP contribution in [0.2, 0.25) is 0 Å². The number of aliphatic imine (C=N–C) groups is 1. The molecular weight excluding hydrogens is 427 g/mol. The van der Waals surface area contributed by atoms with Crippen LogP contribution in [0.1, 0.15) is 23.7 Å². The zero-order valence-electron chi connectivity index (χ0n) is 13.2. The molecule has 0 spiro atoms. The van der Waals surface area contributed by atoms with Crippen LogP contribution in [-0.2, 0) is 6.42 Å². The Morgan fingerprint density at radius 2 is 1.95 bits per heavy atom. The maximum Gasteiger partial charge on any atom is 0.191 e. The average molecular weight is 450 g/mol. The van der Waals surface area contributed by atoms with Crippen molar-refractivity contribution in [2.24, 2.45) is 4.99 Å². The Morgan fingerprint density at radius 3 is 2.55 bits per heavy atom. The molecule has 0 aliphatic carbocycles. The molecular formula is C15H23IN4S2. The third kappa shape index (κ3) is 5.85. The third-order valence-corrected chi connectivity index (χ3v) is 4.79. The van der Waals surface area contributed by atoms with Crippen LogP contribution in [0, 0.1) is 6.92 Å². The summed E-state index contributed by atoms with van der Waals surface area (Å²) in [6, 6.07) is 4.35. The normalized spacial score (nSPS) is 9.95. The zero-order chi connectivity index (χ0) is 15.1. The van der Waals surface area contributed by atoms with Crippen LogP contribution < -0.4 is 10.6 Å². The first-order chi connectivity index (χ1) is 10.2. The van der Waals surface area contributed by atoms with Crippen molar-refractivity contribution in [3.63, 3.8) is 0 Å². The number of guanidine groups is 1. The van der Waals surface area contributed by atoms with Gasteiger partial charge in [0.25, 0.3) is 0 Å². The van der Waals surface area contributed by atoms with Gasteiger partial charge in [0.1, 0.15) is 0 Å². The van der Waals surface area contributed by atoms with Crippen molar-refractivity contribution in [3.05, 3.63) is 27.4 Å². The number of nitrogens with zero attached hydrogens (tertiary/aromatic N) is 2. The van der Waals surface area contributed by atoms with Gasteiger partial charge >= 0.3 is 0 Å². The number of aryl methyl sites for hydroxylation is 1. The van der Waals surface area contributed by atoms with Crippen molar-refractivity contribution in [2.45, 2.75) is 27.2 Å². The lowest BCUT2D eigenvalue weighted by Crippen LogP contribution is -2.37. The molecule has 2 aromatic rings. The van der Waals surface area contributed by atoms with Gasteiger partial charge in [-0.3, -0.25) is 4.99 Å². The van der Waals surface area contributed by atoms with Crippen LogP contribution in [0.5, 0.6) is 0 Å². The van der Waals surface area contributed by atoms with Gasteiger partial charge in [0, 0.05) is 36.3 Å². The van der Waals surface area contributed by atoms with E-state index in [1.54, 1.807) is 11.3 Å². The Labute approximate surface area is 157 Å². The van der Waals surface area contributed by atoms with Crippen molar-refractivity contribution in [1.29, 1.82) is 0 Å². The Kier molecular flexibility index (Phi) is 8.96. The number of aromatic nitrogens is 1. The van der Waals surface area contributed by atoms with Gasteiger partial charge in [0.2, 0.25) is 0 Å². The fourth-order valence-electron chi connectivity index (χ4n) is 1.91. The van der Waals surface area contributed by atoms with E-state index in [0.29, 0.717) is 0 Å². The molecule has 7 heteroatoms. The molecule has 22 heavy (non-hydrogen) atoms. The van der Waals surface area contributed by atoms with Gasteiger partial charge in [-0.2, -0.15) is 0 Å². The first kappa shape index (κ1) is 19.4. The van der Waals surface area contributed by atoms with Gasteiger partial charge in [0.05, 0.1) is 15.6 Å². The van der Waals surface area contributed by atoms with Crippen LogP contribution in [0.15, 0.2) is 22.5 Å². The quantitative estimate of drug-likeness (QED) is 0.399. The van der Waals surface area contributed by atoms with Crippen molar-refractivity contribution >= 4 is 52.6 Å². The van der Waals surface area contributed by atoms with E-state index in [0.717, 1.165) is 42.7 Å². The Balaban J connectivity index is 0.00000242. The first-order valence-corrected chi connectivity index (χ1v) is 8.96. The molecule has 0 bridgehead atoms. The number of nitrogens with one attached hydrogen (secondary N) is 2. The molecule has 0 aliphatic rings. The van der Waals surface area contributed by atoms with E-state index in [1.165, 1.54) is 9.75 Å². The lowest BCUT2D eigenvalue weighted by molar-refractivity contribution is 0.835. The smallest absolute Gasteiger partial charge is 0.191 e. The number of hydrogen-bond acceptors (Lipinski definition) is 4. The summed E-state index contributed by atoms with van der Waals surface area (Å²) in [5, 5.41) is 9.71. The lowest BCUT2D eigenvalue weighted by Gasteiger charge is -2.08. The minimum atomic E-state index is 0. The fourth-order valence-corrected chi connectivity index (χ4v) is 3.56. The van der Waals surface area contributed by atoms with Gasteiger partial charge in [-0.05, 0) is 32.9 Å². The van der Waals surface area contributed by atoms with Gasteiger partial charge in [0.15, 0.2) is 5.96 Å². The first-order valence-electron chi connectivity index (χ1n) is 7.26. The summed E-state index contributed by atoms with van der Waals surface area (Å²) in [7, 11) is 0. The maximum absolute atomic E-state index is 4.57. The lowest BCUT2D eigenvalue weighted by atomic mass is 10.3. The van der Waals surface area contributed by atoms with E-state index < -0.39 is 0 Å². The summed E-state index contributed by atoms with van der Waals surface area (Å²) in [5.74, 6) is 0.895. The van der Waals surface area contributed by atoms with Gasteiger partial charge in [-0.25, -0.2) is 4.98 Å². The van der Waals surface area contributed by atoms with Crippen molar-refractivity contribution in [1.82, 2.24) is 15.6 Å². The summed E-state index contributed by atoms with van der Waals surface area (Å²) in [5.41, 5.74) is 1.10. The molecule has 2 N–H and O–H groups in total. The highest BCUT2D eigenvalue weighted by atomic mass is 127. The monoisotopic (exact) mass is 450 g/mol. The number of thiophene rings is 1. The second kappa shape index (κ2) is 10.2. The highest BCUT2D eigenvalue weighted by molar-refractivity contribution is 14.0. The second-order valence-corrected chi connectivity index (χ2v) is 6.79. The van der Waals surface area contributed by atoms with Crippen molar-refractivity contribution in [2.75, 3.05) is 19.6 Å². The van der Waals surface area contributed by atoms with Gasteiger partial charge < -0.3 is 10.6 Å². The van der Waals surface area contributed by atoms with E-state index in [1.807, 2.05) is 18.3 Å². The SMILES string of the molecule is CCNC(=NCCc1ccc(-c2csc(C)n2)s1)NCC.I. The molecule has 2 heterocycles. The molecule has 0 atom stereocenters. The number of thiazole rings is 1. The summed E-state index contributed by atoms with van der Waals surface area (Å²) >= 11 is 3.51. The summed E-state index contributed by atoms with van der Waals surface area (Å²) < 4.78 is 0. The Morgan fingerprint density at radius 1 is 1.23 bits per heavy atom. The topological polar surface area (TPSA) is 49.3 Å². The molecule has 0 saturated carbocycles. The largest absolute Gasteiger partial charge is 0.357 e. The molecule has 0 aliphatic heterocycles. The fraction of sp³-hybridized carbons (Fsp3) is 0.467. The maximum atomic E-state index is 4.57. The Bertz CT molecular complexity index is 584. The average Bonchev–Trinajstić information content (AvgIpc) is 3.08. The molecule has 122 valence electrons. The summed E-state index contributed by atoms with van der Waals surface area (Å²) in [6.07, 6.45) is 0.966. The van der Waals surface area contributed by atoms with Crippen LogP contribution in [0.3, 0.4) is 0 Å². The predicted octanol–water partition coefficient (Wildman–Crippen LogP) is 3.92. The van der Waals surface area contributed by atoms with Crippen LogP contribution in [-0.4, -0.2) is 30.6 Å². The molecule has 0 saturated heterocycles. The van der Waals surface area contributed by atoms with Crippen molar-refractivity contribution in [3.8, 4) is 10.6 Å². The Hall–Kier alpha value is -0.670. The molecule has 2 rings (SSSR count). The van der Waals surface area contributed by atoms with Crippen LogP contribution in [0.4, 0.5) is 0 Å². The highest BCUT2D eigenvalue weighted by Crippen LogP contribution is 2.29. The van der Waals surface area contributed by atoms with Gasteiger partial charge in [-0.15, -0.1) is 46.7 Å². The van der Waals surface area contributed by atoms with E-state index in [9.17, 15) is 0 Å². The number of hydrogen-bond donors (Lipinski definition) is 2. The molecule has 0 radical (unpaired) electrons. The van der Waals surface area contributed by atoms with Crippen molar-refractivity contribution < 1.29 is 0 Å². The molecule has 0 amide bonds. The molecule has 0 aromatic carbocycles. The number of rotatable bonds is 6. The standard InChI is InChI=1S/C15H22N4S2.HI/c1-4-16-15(17-5-2)18-9-8-12-6-7-14(21-12)13-10-20-11(3)19-13;/h6-7,10H,4-5,8-9H2,1-3H3,(H2,16,17,18);1H. The molecule has 0 unspecified atom stereocenters. The van der Waals surface area contributed by atoms with Crippen LogP contribution >= 0.6 is 46.7 Å². The predicted molar refractivity (Wildman–Crippen MR) is 109 cm³/mol. The summed E-state index contributed by atoms with van der Waals surface area (Å²) in [4.78, 5) is 11.7. The zero-order valence-corrected chi connectivity index (χ0v) is 17.1. The minimum absolute atomic E-state index is 0. The molecule has 4 nitrogen and oxygen atoms in total. The van der Waals surface area contributed by atoms with Crippen LogP contribution in [0.25, 0.3) is 10.6 Å². The molecule has 0 fully saturated rings. The highest BCUT2D eigenvalue weighted by Gasteiger charge is 2.06. The third-order valence-electron chi connectivity index (χ3n) is 2.85. The minimum Gasteiger partial charge on any atom is -0.357 e. The van der Waals surface area contributed by atoms with E-state index in [2.05, 4.69) is 52.0 Å². The summed E-state index contributed by atoms with van der Waals surface area (Å²) in [6.45, 7) is 8.77. The second-order valence-electron chi connectivity index (χ2n) is 4.56. The van der Waals surface area contributed by atoms with Gasteiger partial charge in [-0.1, -0.05) is 0 Å². The van der Waals surface area contributed by atoms with E-state index >= 15 is 0 Å². The van der Waals surface area contributed by atoms with E-state index in [4.69, 9.17) is 0 Å². The van der Waals surface area contributed by atoms with E-state index in [-0.39, 0.29) is 24.0 Å². The molecule has 2 aromatic heterocycles. The number of halogens is 1.